The molecule has 10 heteroatoms. The van der Waals surface area contributed by atoms with Crippen LogP contribution >= 0.6 is 11.8 Å². The standard InChI is InChI=1S/C23H27N5O4S/c1-2-24-22(30)27-18-5-3-4-17(10-18)21-31-19(13-33-23-25-14-26-28-23)11-20(32-21)16-8-6-15(12-29)7-9-16/h3-10,14,19-21,29H,2,11-13H2,1H3,(H2,24,27,30)(H,25,26,28)/t19-,20+,21+/m0/s1. The third-order valence-electron chi connectivity index (χ3n) is 5.17. The topological polar surface area (TPSA) is 121 Å². The first-order valence-electron chi connectivity index (χ1n) is 10.8. The summed E-state index contributed by atoms with van der Waals surface area (Å²) in [6, 6.07) is 15.0. The second-order valence-corrected chi connectivity index (χ2v) is 8.57. The zero-order valence-electron chi connectivity index (χ0n) is 18.2. The lowest BCUT2D eigenvalue weighted by atomic mass is 10.0. The minimum absolute atomic E-state index is 0.000607. The molecule has 2 amide bonds. The highest BCUT2D eigenvalue weighted by Gasteiger charge is 2.32. The number of carbonyl (C=O) groups excluding carboxylic acids is 1. The molecule has 2 heterocycles. The Morgan fingerprint density at radius 1 is 1.21 bits per heavy atom. The maximum Gasteiger partial charge on any atom is 0.319 e. The molecular formula is C23H27N5O4S. The normalized spacial score (nSPS) is 20.4. The lowest BCUT2D eigenvalue weighted by Crippen LogP contribution is -2.31. The number of ether oxygens (including phenoxy) is 2. The number of rotatable bonds is 8. The van der Waals surface area contributed by atoms with Crippen molar-refractivity contribution in [2.75, 3.05) is 17.6 Å². The number of nitrogens with one attached hydrogen (secondary N) is 3. The highest BCUT2D eigenvalue weighted by molar-refractivity contribution is 7.99. The predicted molar refractivity (Wildman–Crippen MR) is 125 cm³/mol. The summed E-state index contributed by atoms with van der Waals surface area (Å²) in [7, 11) is 0. The van der Waals surface area contributed by atoms with Gasteiger partial charge in [-0.3, -0.25) is 5.10 Å². The predicted octanol–water partition coefficient (Wildman–Crippen LogP) is 3.78. The molecule has 0 unspecified atom stereocenters. The summed E-state index contributed by atoms with van der Waals surface area (Å²) in [6.07, 6.45) is 1.28. The molecule has 1 aromatic heterocycles. The van der Waals surface area contributed by atoms with Gasteiger partial charge in [0.1, 0.15) is 6.33 Å². The number of anilines is 1. The van der Waals surface area contributed by atoms with E-state index in [4.69, 9.17) is 9.47 Å². The molecule has 0 radical (unpaired) electrons. The molecule has 4 rings (SSSR count). The van der Waals surface area contributed by atoms with Gasteiger partial charge in [-0.2, -0.15) is 5.10 Å². The van der Waals surface area contributed by atoms with Crippen LogP contribution in [0.25, 0.3) is 0 Å². The van der Waals surface area contributed by atoms with Gasteiger partial charge in [0, 0.05) is 30.0 Å². The third-order valence-corrected chi connectivity index (χ3v) is 6.18. The molecule has 33 heavy (non-hydrogen) atoms. The van der Waals surface area contributed by atoms with Crippen LogP contribution in [0.1, 0.15) is 42.4 Å². The largest absolute Gasteiger partial charge is 0.392 e. The van der Waals surface area contributed by atoms with Crippen LogP contribution in [0.2, 0.25) is 0 Å². The lowest BCUT2D eigenvalue weighted by Gasteiger charge is -2.36. The fourth-order valence-corrected chi connectivity index (χ4v) is 4.35. The number of aliphatic hydroxyl groups excluding tert-OH is 1. The molecule has 0 spiro atoms. The maximum absolute atomic E-state index is 11.9. The summed E-state index contributed by atoms with van der Waals surface area (Å²) in [4.78, 5) is 16.1. The van der Waals surface area contributed by atoms with Crippen molar-refractivity contribution in [2.24, 2.45) is 0 Å². The summed E-state index contributed by atoms with van der Waals surface area (Å²) in [5, 5.41) is 22.4. The van der Waals surface area contributed by atoms with E-state index in [2.05, 4.69) is 25.8 Å². The summed E-state index contributed by atoms with van der Waals surface area (Å²) >= 11 is 1.54. The third kappa shape index (κ3) is 6.32. The first kappa shape index (κ1) is 23.2. The van der Waals surface area contributed by atoms with Crippen LogP contribution in [-0.4, -0.2) is 44.7 Å². The van der Waals surface area contributed by atoms with Gasteiger partial charge < -0.3 is 25.2 Å². The monoisotopic (exact) mass is 469 g/mol. The van der Waals surface area contributed by atoms with Crippen molar-refractivity contribution in [1.29, 1.82) is 0 Å². The molecule has 1 aliphatic heterocycles. The van der Waals surface area contributed by atoms with Crippen molar-refractivity contribution in [3.05, 3.63) is 71.5 Å². The molecule has 9 nitrogen and oxygen atoms in total. The van der Waals surface area contributed by atoms with E-state index in [1.807, 2.05) is 55.5 Å². The van der Waals surface area contributed by atoms with Crippen LogP contribution in [0.15, 0.2) is 60.0 Å². The van der Waals surface area contributed by atoms with Crippen LogP contribution < -0.4 is 10.6 Å². The second kappa shape index (κ2) is 11.3. The summed E-state index contributed by atoms with van der Waals surface area (Å²) in [5.74, 6) is 0.678. The number of amides is 2. The highest BCUT2D eigenvalue weighted by atomic mass is 32.2. The first-order chi connectivity index (χ1) is 16.1. The number of H-pyrrole nitrogens is 1. The van der Waals surface area contributed by atoms with Crippen molar-refractivity contribution < 1.29 is 19.4 Å². The van der Waals surface area contributed by atoms with Crippen LogP contribution in [0.5, 0.6) is 0 Å². The molecule has 174 valence electrons. The number of aliphatic hydroxyl groups is 1. The Kier molecular flexibility index (Phi) is 7.95. The smallest absolute Gasteiger partial charge is 0.319 e. The number of hydrogen-bond donors (Lipinski definition) is 4. The number of aromatic amines is 1. The molecule has 1 fully saturated rings. The van der Waals surface area contributed by atoms with E-state index in [1.165, 1.54) is 6.33 Å². The average Bonchev–Trinajstić information content (AvgIpc) is 3.37. The Morgan fingerprint density at radius 3 is 2.79 bits per heavy atom. The fourth-order valence-electron chi connectivity index (χ4n) is 3.56. The maximum atomic E-state index is 11.9. The number of carbonyl (C=O) groups is 1. The SMILES string of the molecule is CCNC(=O)Nc1cccc([C@@H]2O[C@H](CSc3ncn[nH]3)C[C@H](c3ccc(CO)cc3)O2)c1. The van der Waals surface area contributed by atoms with Crippen LogP contribution in [0.4, 0.5) is 10.5 Å². The Morgan fingerprint density at radius 2 is 2.06 bits per heavy atom. The van der Waals surface area contributed by atoms with Crippen molar-refractivity contribution in [3.63, 3.8) is 0 Å². The highest BCUT2D eigenvalue weighted by Crippen LogP contribution is 2.39. The van der Waals surface area contributed by atoms with E-state index in [1.54, 1.807) is 11.8 Å². The molecule has 3 aromatic rings. The summed E-state index contributed by atoms with van der Waals surface area (Å²) in [6.45, 7) is 2.41. The zero-order chi connectivity index (χ0) is 23.0. The van der Waals surface area contributed by atoms with Gasteiger partial charge in [0.2, 0.25) is 0 Å². The van der Waals surface area contributed by atoms with Crippen molar-refractivity contribution in [3.8, 4) is 0 Å². The number of thioether (sulfide) groups is 1. The van der Waals surface area contributed by atoms with Gasteiger partial charge in [0.15, 0.2) is 11.4 Å². The van der Waals surface area contributed by atoms with Crippen LogP contribution in [0.3, 0.4) is 0 Å². The molecule has 1 aliphatic rings. The quantitative estimate of drug-likeness (QED) is 0.371. The van der Waals surface area contributed by atoms with Gasteiger partial charge in [0.05, 0.1) is 18.8 Å². The van der Waals surface area contributed by atoms with E-state index >= 15 is 0 Å². The van der Waals surface area contributed by atoms with E-state index in [0.717, 1.165) is 21.8 Å². The second-order valence-electron chi connectivity index (χ2n) is 7.56. The van der Waals surface area contributed by atoms with E-state index in [0.29, 0.717) is 24.4 Å². The molecular weight excluding hydrogens is 442 g/mol. The number of benzene rings is 2. The average molecular weight is 470 g/mol. The molecule has 4 N–H and O–H groups in total. The van der Waals surface area contributed by atoms with Gasteiger partial charge in [-0.1, -0.05) is 48.2 Å². The number of hydrogen-bond acceptors (Lipinski definition) is 7. The summed E-state index contributed by atoms with van der Waals surface area (Å²) < 4.78 is 12.7. The Balaban J connectivity index is 1.53. The zero-order valence-corrected chi connectivity index (χ0v) is 19.0. The van der Waals surface area contributed by atoms with E-state index < -0.39 is 6.29 Å². The molecule has 1 saturated heterocycles. The molecule has 0 saturated carbocycles. The van der Waals surface area contributed by atoms with E-state index in [-0.39, 0.29) is 24.8 Å². The van der Waals surface area contributed by atoms with Gasteiger partial charge in [-0.05, 0) is 30.2 Å². The van der Waals surface area contributed by atoms with Gasteiger partial charge in [-0.15, -0.1) is 0 Å². The molecule has 2 aromatic carbocycles. The molecule has 3 atom stereocenters. The van der Waals surface area contributed by atoms with Gasteiger partial charge in [-0.25, -0.2) is 9.78 Å². The van der Waals surface area contributed by atoms with Gasteiger partial charge >= 0.3 is 6.03 Å². The van der Waals surface area contributed by atoms with Gasteiger partial charge in [0.25, 0.3) is 0 Å². The number of nitrogens with zero attached hydrogens (tertiary/aromatic N) is 2. The Bertz CT molecular complexity index is 1030. The molecule has 0 bridgehead atoms. The molecule has 0 aliphatic carbocycles. The van der Waals surface area contributed by atoms with E-state index in [9.17, 15) is 9.90 Å². The van der Waals surface area contributed by atoms with Crippen molar-refractivity contribution in [2.45, 2.75) is 43.6 Å². The number of urea groups is 1. The van der Waals surface area contributed by atoms with Crippen LogP contribution in [0, 0.1) is 0 Å². The fraction of sp³-hybridized carbons (Fsp3) is 0.348. The first-order valence-corrected chi connectivity index (χ1v) is 11.8. The van der Waals surface area contributed by atoms with Crippen molar-refractivity contribution >= 4 is 23.5 Å². The van der Waals surface area contributed by atoms with Crippen molar-refractivity contribution in [1.82, 2.24) is 20.5 Å². The lowest BCUT2D eigenvalue weighted by molar-refractivity contribution is -0.245. The Hall–Kier alpha value is -2.92. The number of aromatic nitrogens is 3. The minimum atomic E-state index is -0.599. The summed E-state index contributed by atoms with van der Waals surface area (Å²) in [5.41, 5.74) is 3.35. The Labute approximate surface area is 196 Å². The minimum Gasteiger partial charge on any atom is -0.392 e. The van der Waals surface area contributed by atoms with Crippen LogP contribution in [-0.2, 0) is 16.1 Å².